The van der Waals surface area contributed by atoms with Crippen LogP contribution in [-0.2, 0) is 9.53 Å². The molecule has 9 nitrogen and oxygen atoms in total. The number of carbonyl (C=O) groups excluding carboxylic acids is 3. The molecular formula is C25H30N4O5. The number of likely N-dealkylation sites (N-methyl/N-ethyl adjacent to an activating group) is 1. The van der Waals surface area contributed by atoms with Crippen molar-refractivity contribution in [1.29, 1.82) is 0 Å². The summed E-state index contributed by atoms with van der Waals surface area (Å²) in [5, 5.41) is 8.28. The van der Waals surface area contributed by atoms with Crippen LogP contribution in [0.5, 0.6) is 5.75 Å². The van der Waals surface area contributed by atoms with Crippen molar-refractivity contribution in [2.75, 3.05) is 30.8 Å². The third-order valence-electron chi connectivity index (χ3n) is 6.08. The fourth-order valence-electron chi connectivity index (χ4n) is 4.38. The number of ether oxygens (including phenoxy) is 2. The fourth-order valence-corrected chi connectivity index (χ4v) is 4.38. The third kappa shape index (κ3) is 5.48. The van der Waals surface area contributed by atoms with Crippen molar-refractivity contribution in [2.24, 2.45) is 0 Å². The molecule has 3 atom stereocenters. The van der Waals surface area contributed by atoms with Crippen LogP contribution >= 0.6 is 0 Å². The van der Waals surface area contributed by atoms with Crippen LogP contribution in [0.25, 0.3) is 0 Å². The highest BCUT2D eigenvalue weighted by molar-refractivity contribution is 5.99. The van der Waals surface area contributed by atoms with Crippen LogP contribution < -0.4 is 20.7 Å². The number of carbonyl (C=O) groups is 3. The van der Waals surface area contributed by atoms with Gasteiger partial charge in [0.15, 0.2) is 0 Å². The number of benzene rings is 2. The van der Waals surface area contributed by atoms with Gasteiger partial charge in [0.2, 0.25) is 5.91 Å². The number of nitrogens with one attached hydrogen (secondary N) is 3. The average molecular weight is 467 g/mol. The van der Waals surface area contributed by atoms with Gasteiger partial charge >= 0.3 is 6.03 Å². The number of rotatable bonds is 5. The van der Waals surface area contributed by atoms with E-state index in [2.05, 4.69) is 16.0 Å². The molecule has 1 fully saturated rings. The Labute approximate surface area is 198 Å². The van der Waals surface area contributed by atoms with E-state index in [1.165, 1.54) is 0 Å². The van der Waals surface area contributed by atoms with Crippen molar-refractivity contribution < 1.29 is 23.9 Å². The topological polar surface area (TPSA) is 109 Å². The highest BCUT2D eigenvalue weighted by Crippen LogP contribution is 2.32. The number of hydrogen-bond acceptors (Lipinski definition) is 5. The molecule has 180 valence electrons. The molecule has 0 aromatic heterocycles. The summed E-state index contributed by atoms with van der Waals surface area (Å²) in [7, 11) is 1.75. The number of hydrogen-bond donors (Lipinski definition) is 3. The van der Waals surface area contributed by atoms with Gasteiger partial charge in [-0.15, -0.1) is 0 Å². The second-order valence-electron chi connectivity index (χ2n) is 8.48. The van der Waals surface area contributed by atoms with E-state index in [1.807, 2.05) is 37.3 Å². The van der Waals surface area contributed by atoms with Crippen molar-refractivity contribution in [3.63, 3.8) is 0 Å². The normalized spacial score (nSPS) is 21.8. The lowest BCUT2D eigenvalue weighted by molar-refractivity contribution is -0.130. The lowest BCUT2D eigenvalue weighted by atomic mass is 9.94. The molecule has 4 rings (SSSR count). The molecule has 2 aliphatic heterocycles. The Balaban J connectivity index is 1.42. The van der Waals surface area contributed by atoms with Crippen LogP contribution in [0, 0.1) is 0 Å². The molecule has 0 radical (unpaired) electrons. The zero-order valence-electron chi connectivity index (χ0n) is 19.4. The Morgan fingerprint density at radius 2 is 1.85 bits per heavy atom. The van der Waals surface area contributed by atoms with Gasteiger partial charge in [0.25, 0.3) is 5.91 Å². The van der Waals surface area contributed by atoms with Gasteiger partial charge in [0, 0.05) is 25.0 Å². The van der Waals surface area contributed by atoms with E-state index < -0.39 is 0 Å². The summed E-state index contributed by atoms with van der Waals surface area (Å²) >= 11 is 0. The largest absolute Gasteiger partial charge is 0.490 e. The van der Waals surface area contributed by atoms with E-state index in [9.17, 15) is 14.4 Å². The summed E-state index contributed by atoms with van der Waals surface area (Å²) < 4.78 is 12.2. The molecule has 2 heterocycles. The minimum Gasteiger partial charge on any atom is -0.490 e. The summed E-state index contributed by atoms with van der Waals surface area (Å²) in [5.74, 6) is 0.126. The molecule has 2 aromatic rings. The highest BCUT2D eigenvalue weighted by atomic mass is 16.5. The van der Waals surface area contributed by atoms with Crippen molar-refractivity contribution >= 4 is 29.2 Å². The standard InChI is InChI=1S/C25H30N4O5/c1-3-26-25(32)28-17-9-12-21-19(13-17)24(31)29(2)20-11-10-18(34-22(20)15-33-21)14-23(30)27-16-7-5-4-6-8-16/h4-9,12-13,18,20,22H,3,10-11,14-15H2,1-2H3,(H,27,30)(H2,26,28,32)/t18-,20-,22-/m1/s1. The van der Waals surface area contributed by atoms with Gasteiger partial charge in [-0.2, -0.15) is 0 Å². The smallest absolute Gasteiger partial charge is 0.319 e. The Morgan fingerprint density at radius 3 is 2.62 bits per heavy atom. The molecule has 0 spiro atoms. The van der Waals surface area contributed by atoms with Crippen molar-refractivity contribution in [3.05, 3.63) is 54.1 Å². The predicted octanol–water partition coefficient (Wildman–Crippen LogP) is 3.24. The molecule has 34 heavy (non-hydrogen) atoms. The van der Waals surface area contributed by atoms with Gasteiger partial charge in [-0.05, 0) is 50.1 Å². The average Bonchev–Trinajstić information content (AvgIpc) is 2.82. The van der Waals surface area contributed by atoms with Gasteiger partial charge in [0.05, 0.1) is 24.1 Å². The molecule has 0 unspecified atom stereocenters. The monoisotopic (exact) mass is 466 g/mol. The van der Waals surface area contributed by atoms with Crippen LogP contribution in [0.1, 0.15) is 36.5 Å². The summed E-state index contributed by atoms with van der Waals surface area (Å²) in [4.78, 5) is 39.3. The molecule has 0 saturated carbocycles. The Hall–Kier alpha value is -3.59. The minimum atomic E-state index is -0.349. The summed E-state index contributed by atoms with van der Waals surface area (Å²) in [6, 6.07) is 13.8. The maximum atomic E-state index is 13.3. The first-order valence-corrected chi connectivity index (χ1v) is 11.5. The van der Waals surface area contributed by atoms with Crippen LogP contribution in [-0.4, -0.2) is 61.2 Å². The zero-order chi connectivity index (χ0) is 24.1. The molecule has 0 bridgehead atoms. The number of fused-ring (bicyclic) bond motifs is 2. The second kappa shape index (κ2) is 10.6. The molecule has 9 heteroatoms. The van der Waals surface area contributed by atoms with E-state index in [4.69, 9.17) is 9.47 Å². The van der Waals surface area contributed by atoms with Crippen molar-refractivity contribution in [2.45, 2.75) is 44.4 Å². The van der Waals surface area contributed by atoms with Gasteiger partial charge in [-0.1, -0.05) is 18.2 Å². The Kier molecular flexibility index (Phi) is 7.32. The predicted molar refractivity (Wildman–Crippen MR) is 128 cm³/mol. The maximum Gasteiger partial charge on any atom is 0.319 e. The van der Waals surface area contributed by atoms with E-state index in [-0.39, 0.29) is 49.1 Å². The van der Waals surface area contributed by atoms with Crippen LogP contribution in [0.15, 0.2) is 48.5 Å². The van der Waals surface area contributed by atoms with Crippen LogP contribution in [0.2, 0.25) is 0 Å². The number of amides is 4. The second-order valence-corrected chi connectivity index (χ2v) is 8.48. The first-order valence-electron chi connectivity index (χ1n) is 11.5. The minimum absolute atomic E-state index is 0.108. The van der Waals surface area contributed by atoms with E-state index >= 15 is 0 Å². The Bertz CT molecular complexity index is 1040. The van der Waals surface area contributed by atoms with Crippen LogP contribution in [0.4, 0.5) is 16.2 Å². The number of para-hydroxylation sites is 1. The van der Waals surface area contributed by atoms with E-state index in [0.29, 0.717) is 36.4 Å². The number of urea groups is 1. The molecule has 3 N–H and O–H groups in total. The molecule has 2 aromatic carbocycles. The summed E-state index contributed by atoms with van der Waals surface area (Å²) in [6.07, 6.45) is 0.998. The quantitative estimate of drug-likeness (QED) is 0.627. The lowest BCUT2D eigenvalue weighted by Crippen LogP contribution is -2.53. The van der Waals surface area contributed by atoms with E-state index in [1.54, 1.807) is 30.1 Å². The number of nitrogens with zero attached hydrogens (tertiary/aromatic N) is 1. The zero-order valence-corrected chi connectivity index (χ0v) is 19.4. The first kappa shape index (κ1) is 23.6. The van der Waals surface area contributed by atoms with Crippen molar-refractivity contribution in [3.8, 4) is 5.75 Å². The van der Waals surface area contributed by atoms with Crippen LogP contribution in [0.3, 0.4) is 0 Å². The van der Waals surface area contributed by atoms with Gasteiger partial charge < -0.3 is 30.3 Å². The van der Waals surface area contributed by atoms with Crippen molar-refractivity contribution in [1.82, 2.24) is 10.2 Å². The molecule has 1 saturated heterocycles. The molecule has 0 aliphatic carbocycles. The van der Waals surface area contributed by atoms with Gasteiger partial charge in [0.1, 0.15) is 18.5 Å². The maximum absolute atomic E-state index is 13.3. The number of anilines is 2. The third-order valence-corrected chi connectivity index (χ3v) is 6.08. The van der Waals surface area contributed by atoms with Gasteiger partial charge in [-0.25, -0.2) is 4.79 Å². The molecule has 2 aliphatic rings. The fraction of sp³-hybridized carbons (Fsp3) is 0.400. The molecular weight excluding hydrogens is 436 g/mol. The molecule has 4 amide bonds. The lowest BCUT2D eigenvalue weighted by Gasteiger charge is -2.42. The summed E-state index contributed by atoms with van der Waals surface area (Å²) in [6.45, 7) is 2.59. The highest BCUT2D eigenvalue weighted by Gasteiger charge is 2.39. The SMILES string of the molecule is CCNC(=O)Nc1ccc2c(c1)C(=O)N(C)[C@@H]1CC[C@H](CC(=O)Nc3ccccc3)O[C@@H]1CO2. The Morgan fingerprint density at radius 1 is 1.06 bits per heavy atom. The summed E-state index contributed by atoms with van der Waals surface area (Å²) in [5.41, 5.74) is 1.65. The van der Waals surface area contributed by atoms with E-state index in [0.717, 1.165) is 5.69 Å². The van der Waals surface area contributed by atoms with Gasteiger partial charge in [-0.3, -0.25) is 9.59 Å². The first-order chi connectivity index (χ1) is 16.4.